The Morgan fingerprint density at radius 3 is 2.14 bits per heavy atom. The van der Waals surface area contributed by atoms with E-state index in [9.17, 15) is 0 Å². The lowest BCUT2D eigenvalue weighted by atomic mass is 9.81. The standard InChI is InChI=1S/C25H40O2Si/c1-9-16-23(19-15-20-27-28(7,8)24(4,5)6)25(10-2,11-3)26-21-22-17-13-12-14-18-22/h9-14,17-18,23H,1-3,15-16,19-21H2,4-8H3. The molecule has 1 unspecified atom stereocenters. The lowest BCUT2D eigenvalue weighted by Gasteiger charge is -2.37. The summed E-state index contributed by atoms with van der Waals surface area (Å²) < 4.78 is 12.7. The summed E-state index contributed by atoms with van der Waals surface area (Å²) in [6, 6.07) is 10.2. The van der Waals surface area contributed by atoms with Crippen molar-refractivity contribution in [2.75, 3.05) is 6.61 Å². The van der Waals surface area contributed by atoms with Crippen molar-refractivity contribution in [3.63, 3.8) is 0 Å². The van der Waals surface area contributed by atoms with Crippen molar-refractivity contribution in [1.29, 1.82) is 0 Å². The first-order valence-corrected chi connectivity index (χ1v) is 13.2. The summed E-state index contributed by atoms with van der Waals surface area (Å²) in [6.45, 7) is 24.8. The summed E-state index contributed by atoms with van der Waals surface area (Å²) in [6.07, 6.45) is 8.58. The lowest BCUT2D eigenvalue weighted by molar-refractivity contribution is -0.0290. The van der Waals surface area contributed by atoms with Gasteiger partial charge in [0, 0.05) is 6.61 Å². The number of allylic oxidation sites excluding steroid dienone is 1. The molecule has 0 spiro atoms. The van der Waals surface area contributed by atoms with Crippen molar-refractivity contribution >= 4 is 8.32 Å². The Labute approximate surface area is 174 Å². The van der Waals surface area contributed by atoms with Gasteiger partial charge >= 0.3 is 0 Å². The first-order chi connectivity index (χ1) is 13.1. The second kappa shape index (κ2) is 10.9. The van der Waals surface area contributed by atoms with Crippen LogP contribution in [0, 0.1) is 5.92 Å². The van der Waals surface area contributed by atoms with E-state index in [4.69, 9.17) is 9.16 Å². The third-order valence-electron chi connectivity index (χ3n) is 6.03. The van der Waals surface area contributed by atoms with Gasteiger partial charge in [0.1, 0.15) is 5.60 Å². The molecular formula is C25H40O2Si. The van der Waals surface area contributed by atoms with E-state index in [1.807, 2.05) is 36.4 Å². The highest BCUT2D eigenvalue weighted by Gasteiger charge is 2.37. The first-order valence-electron chi connectivity index (χ1n) is 10.3. The zero-order chi connectivity index (χ0) is 21.3. The second-order valence-corrected chi connectivity index (χ2v) is 13.8. The van der Waals surface area contributed by atoms with Gasteiger partial charge in [-0.05, 0) is 48.9 Å². The van der Waals surface area contributed by atoms with Crippen LogP contribution in [0.4, 0.5) is 0 Å². The Bertz CT molecular complexity index is 605. The molecule has 0 radical (unpaired) electrons. The maximum absolute atomic E-state index is 6.37. The highest BCUT2D eigenvalue weighted by atomic mass is 28.4. The molecular weight excluding hydrogens is 360 g/mol. The van der Waals surface area contributed by atoms with Gasteiger partial charge in [0.2, 0.25) is 0 Å². The largest absolute Gasteiger partial charge is 0.417 e. The van der Waals surface area contributed by atoms with Gasteiger partial charge in [0.05, 0.1) is 6.61 Å². The van der Waals surface area contributed by atoms with Crippen molar-refractivity contribution in [1.82, 2.24) is 0 Å². The molecule has 1 atom stereocenters. The molecule has 28 heavy (non-hydrogen) atoms. The van der Waals surface area contributed by atoms with Crippen molar-refractivity contribution < 1.29 is 9.16 Å². The smallest absolute Gasteiger partial charge is 0.191 e. The zero-order valence-electron chi connectivity index (χ0n) is 18.7. The molecule has 0 aromatic heterocycles. The summed E-state index contributed by atoms with van der Waals surface area (Å²) in [5.41, 5.74) is 0.579. The van der Waals surface area contributed by atoms with Crippen LogP contribution < -0.4 is 0 Å². The van der Waals surface area contributed by atoms with Crippen LogP contribution in [0.15, 0.2) is 68.3 Å². The van der Waals surface area contributed by atoms with E-state index in [0.717, 1.165) is 31.4 Å². The SMILES string of the molecule is C=CCC(CCCO[Si](C)(C)C(C)(C)C)C(C=C)(C=C)OCc1ccccc1. The van der Waals surface area contributed by atoms with Crippen LogP contribution in [0.2, 0.25) is 18.1 Å². The minimum atomic E-state index is -1.71. The Morgan fingerprint density at radius 1 is 1.04 bits per heavy atom. The van der Waals surface area contributed by atoms with Gasteiger partial charge in [-0.2, -0.15) is 0 Å². The van der Waals surface area contributed by atoms with E-state index >= 15 is 0 Å². The summed E-state index contributed by atoms with van der Waals surface area (Å²) in [5.74, 6) is 0.242. The molecule has 0 aliphatic rings. The number of ether oxygens (including phenoxy) is 1. The van der Waals surface area contributed by atoms with E-state index in [-0.39, 0.29) is 11.0 Å². The predicted octanol–water partition coefficient (Wildman–Crippen LogP) is 7.31. The van der Waals surface area contributed by atoms with Crippen LogP contribution >= 0.6 is 0 Å². The van der Waals surface area contributed by atoms with Gasteiger partial charge in [0.25, 0.3) is 0 Å². The van der Waals surface area contributed by atoms with E-state index in [1.165, 1.54) is 0 Å². The number of benzene rings is 1. The normalized spacial score (nSPS) is 13.8. The fourth-order valence-corrected chi connectivity index (χ4v) is 4.12. The zero-order valence-corrected chi connectivity index (χ0v) is 19.7. The van der Waals surface area contributed by atoms with Crippen LogP contribution in [0.25, 0.3) is 0 Å². The average Bonchev–Trinajstić information content (AvgIpc) is 2.66. The van der Waals surface area contributed by atoms with Crippen LogP contribution in [0.5, 0.6) is 0 Å². The summed E-state index contributed by atoms with van der Waals surface area (Å²) >= 11 is 0. The molecule has 156 valence electrons. The fourth-order valence-electron chi connectivity index (χ4n) is 3.04. The summed E-state index contributed by atoms with van der Waals surface area (Å²) in [7, 11) is -1.71. The second-order valence-electron chi connectivity index (χ2n) is 9.01. The Kier molecular flexibility index (Phi) is 9.62. The maximum atomic E-state index is 6.37. The fraction of sp³-hybridized carbons (Fsp3) is 0.520. The summed E-state index contributed by atoms with van der Waals surface area (Å²) in [4.78, 5) is 0. The monoisotopic (exact) mass is 400 g/mol. The molecule has 0 N–H and O–H groups in total. The van der Waals surface area contributed by atoms with Crippen LogP contribution in [-0.2, 0) is 15.8 Å². The molecule has 0 aliphatic heterocycles. The highest BCUT2D eigenvalue weighted by molar-refractivity contribution is 6.74. The van der Waals surface area contributed by atoms with E-state index in [2.05, 4.69) is 65.7 Å². The maximum Gasteiger partial charge on any atom is 0.191 e. The molecule has 0 saturated carbocycles. The number of hydrogen-bond donors (Lipinski definition) is 0. The molecule has 0 fully saturated rings. The lowest BCUT2D eigenvalue weighted by Crippen LogP contribution is -2.41. The predicted molar refractivity (Wildman–Crippen MR) is 125 cm³/mol. The van der Waals surface area contributed by atoms with E-state index in [1.54, 1.807) is 0 Å². The van der Waals surface area contributed by atoms with E-state index in [0.29, 0.717) is 6.61 Å². The Morgan fingerprint density at radius 2 is 1.64 bits per heavy atom. The Balaban J connectivity index is 2.76. The van der Waals surface area contributed by atoms with Gasteiger partial charge in [-0.1, -0.05) is 82.5 Å². The molecule has 1 aromatic carbocycles. The first kappa shape index (κ1) is 24.6. The van der Waals surface area contributed by atoms with Gasteiger partial charge in [0.15, 0.2) is 8.32 Å². The van der Waals surface area contributed by atoms with Crippen molar-refractivity contribution in [2.24, 2.45) is 5.92 Å². The van der Waals surface area contributed by atoms with Crippen LogP contribution in [0.1, 0.15) is 45.6 Å². The third-order valence-corrected chi connectivity index (χ3v) is 10.6. The molecule has 0 aliphatic carbocycles. The molecule has 1 aromatic rings. The topological polar surface area (TPSA) is 18.5 Å². The van der Waals surface area contributed by atoms with Crippen molar-refractivity contribution in [3.05, 3.63) is 73.9 Å². The Hall–Kier alpha value is -1.42. The molecule has 0 amide bonds. The summed E-state index contributed by atoms with van der Waals surface area (Å²) in [5, 5.41) is 0.234. The molecule has 3 heteroatoms. The molecule has 1 rings (SSSR count). The number of rotatable bonds is 13. The van der Waals surface area contributed by atoms with E-state index < -0.39 is 13.9 Å². The molecule has 0 bridgehead atoms. The average molecular weight is 401 g/mol. The minimum absolute atomic E-state index is 0.234. The van der Waals surface area contributed by atoms with Gasteiger partial charge in [-0.25, -0.2) is 0 Å². The van der Waals surface area contributed by atoms with Crippen LogP contribution in [0.3, 0.4) is 0 Å². The van der Waals surface area contributed by atoms with Crippen molar-refractivity contribution in [2.45, 2.75) is 70.4 Å². The van der Waals surface area contributed by atoms with Gasteiger partial charge < -0.3 is 9.16 Å². The molecule has 2 nitrogen and oxygen atoms in total. The molecule has 0 heterocycles. The minimum Gasteiger partial charge on any atom is -0.417 e. The van der Waals surface area contributed by atoms with Gasteiger partial charge in [-0.3, -0.25) is 0 Å². The third kappa shape index (κ3) is 6.88. The van der Waals surface area contributed by atoms with Crippen molar-refractivity contribution in [3.8, 4) is 0 Å². The quantitative estimate of drug-likeness (QED) is 0.196. The van der Waals surface area contributed by atoms with Crippen LogP contribution in [-0.4, -0.2) is 20.5 Å². The number of hydrogen-bond acceptors (Lipinski definition) is 2. The molecule has 0 saturated heterocycles. The van der Waals surface area contributed by atoms with Gasteiger partial charge in [-0.15, -0.1) is 6.58 Å². The highest BCUT2D eigenvalue weighted by Crippen LogP contribution is 2.37.